The van der Waals surface area contributed by atoms with Crippen molar-refractivity contribution in [2.75, 3.05) is 0 Å². The number of ketones is 1. The first-order valence-electron chi connectivity index (χ1n) is 5.13. The number of aryl methyl sites for hydroxylation is 1. The predicted molar refractivity (Wildman–Crippen MR) is 68.0 cm³/mol. The van der Waals surface area contributed by atoms with Crippen molar-refractivity contribution in [2.24, 2.45) is 0 Å². The minimum Gasteiger partial charge on any atom is -0.475 e. The summed E-state index contributed by atoms with van der Waals surface area (Å²) in [7, 11) is 0. The number of halogens is 1. The third-order valence-electron chi connectivity index (χ3n) is 2.41. The lowest BCUT2D eigenvalue weighted by atomic mass is 10.1. The van der Waals surface area contributed by atoms with Crippen LogP contribution in [0, 0.1) is 6.92 Å². The molecule has 0 fully saturated rings. The number of hydrogen-bond donors (Lipinski definition) is 1. The number of carbonyl (C=O) groups excluding carboxylic acids is 1. The zero-order valence-electron chi connectivity index (χ0n) is 9.44. The first-order chi connectivity index (χ1) is 8.49. The van der Waals surface area contributed by atoms with E-state index in [4.69, 9.17) is 9.52 Å². The van der Waals surface area contributed by atoms with E-state index in [2.05, 4.69) is 15.9 Å². The Hall–Kier alpha value is -1.88. The van der Waals surface area contributed by atoms with Crippen molar-refractivity contribution in [2.45, 2.75) is 6.92 Å². The fraction of sp³-hybridized carbons (Fsp3) is 0.0769. The van der Waals surface area contributed by atoms with Crippen LogP contribution in [0.1, 0.15) is 32.2 Å². The summed E-state index contributed by atoms with van der Waals surface area (Å²) in [6.45, 7) is 1.91. The van der Waals surface area contributed by atoms with Crippen LogP contribution in [0.5, 0.6) is 0 Å². The van der Waals surface area contributed by atoms with Gasteiger partial charge in [-0.25, -0.2) is 4.79 Å². The molecule has 1 aromatic heterocycles. The third-order valence-corrected chi connectivity index (χ3v) is 3.07. The largest absolute Gasteiger partial charge is 0.475 e. The molecule has 2 rings (SSSR count). The highest BCUT2D eigenvalue weighted by atomic mass is 79.9. The summed E-state index contributed by atoms with van der Waals surface area (Å²) < 4.78 is 5.63. The summed E-state index contributed by atoms with van der Waals surface area (Å²) in [5.41, 5.74) is 1.45. The van der Waals surface area contributed by atoms with Gasteiger partial charge in [0.15, 0.2) is 5.76 Å². The number of aromatic carboxylic acids is 1. The Morgan fingerprint density at radius 3 is 2.39 bits per heavy atom. The molecule has 0 atom stereocenters. The van der Waals surface area contributed by atoms with E-state index in [0.717, 1.165) is 5.56 Å². The second-order valence-electron chi connectivity index (χ2n) is 3.78. The molecule has 0 saturated carbocycles. The topological polar surface area (TPSA) is 67.5 Å². The van der Waals surface area contributed by atoms with E-state index in [9.17, 15) is 9.59 Å². The van der Waals surface area contributed by atoms with Crippen molar-refractivity contribution in [3.63, 3.8) is 0 Å². The molecule has 0 spiro atoms. The standard InChI is InChI=1S/C13H9BrO4/c1-7-2-3-8(9(14)6-7)12(15)10-4-5-11(18-10)13(16)17/h2-6H,1H3,(H,16,17). The minimum atomic E-state index is -1.20. The maximum absolute atomic E-state index is 12.1. The van der Waals surface area contributed by atoms with Crippen molar-refractivity contribution in [3.05, 3.63) is 57.5 Å². The number of carboxylic acid groups (broad SMARTS) is 1. The summed E-state index contributed by atoms with van der Waals surface area (Å²) in [6.07, 6.45) is 0. The minimum absolute atomic E-state index is 0.0111. The average Bonchev–Trinajstić information content (AvgIpc) is 2.77. The van der Waals surface area contributed by atoms with E-state index >= 15 is 0 Å². The molecule has 0 radical (unpaired) electrons. The first-order valence-corrected chi connectivity index (χ1v) is 5.92. The summed E-state index contributed by atoms with van der Waals surface area (Å²) in [4.78, 5) is 22.8. The van der Waals surface area contributed by atoms with E-state index in [1.165, 1.54) is 12.1 Å². The van der Waals surface area contributed by atoms with Crippen LogP contribution < -0.4 is 0 Å². The van der Waals surface area contributed by atoms with E-state index in [1.54, 1.807) is 12.1 Å². The molecule has 2 aromatic rings. The zero-order chi connectivity index (χ0) is 13.3. The second-order valence-corrected chi connectivity index (χ2v) is 4.64. The highest BCUT2D eigenvalue weighted by molar-refractivity contribution is 9.10. The molecule has 1 N–H and O–H groups in total. The fourth-order valence-electron chi connectivity index (χ4n) is 1.51. The van der Waals surface area contributed by atoms with Crippen LogP contribution in [0.2, 0.25) is 0 Å². The lowest BCUT2D eigenvalue weighted by molar-refractivity contribution is 0.0660. The van der Waals surface area contributed by atoms with Crippen molar-refractivity contribution in [1.29, 1.82) is 0 Å². The molecule has 0 bridgehead atoms. The Balaban J connectivity index is 2.38. The lowest BCUT2D eigenvalue weighted by Crippen LogP contribution is -2.01. The molecular weight excluding hydrogens is 300 g/mol. The summed E-state index contributed by atoms with van der Waals surface area (Å²) in [5, 5.41) is 8.73. The summed E-state index contributed by atoms with van der Waals surface area (Å²) in [5.74, 6) is -1.79. The number of carboxylic acids is 1. The van der Waals surface area contributed by atoms with Gasteiger partial charge in [-0.15, -0.1) is 0 Å². The van der Waals surface area contributed by atoms with Crippen LogP contribution in [0.15, 0.2) is 39.2 Å². The Bertz CT molecular complexity index is 628. The monoisotopic (exact) mass is 308 g/mol. The van der Waals surface area contributed by atoms with Crippen LogP contribution in [0.4, 0.5) is 0 Å². The van der Waals surface area contributed by atoms with Gasteiger partial charge in [0, 0.05) is 10.0 Å². The van der Waals surface area contributed by atoms with E-state index in [0.29, 0.717) is 10.0 Å². The van der Waals surface area contributed by atoms with Crippen molar-refractivity contribution in [1.82, 2.24) is 0 Å². The maximum atomic E-state index is 12.1. The number of hydrogen-bond acceptors (Lipinski definition) is 3. The van der Waals surface area contributed by atoms with Crippen LogP contribution >= 0.6 is 15.9 Å². The number of furan rings is 1. The molecule has 5 heteroatoms. The molecule has 1 aromatic carbocycles. The highest BCUT2D eigenvalue weighted by Crippen LogP contribution is 2.22. The van der Waals surface area contributed by atoms with E-state index in [-0.39, 0.29) is 17.3 Å². The Labute approximate surface area is 111 Å². The van der Waals surface area contributed by atoms with Gasteiger partial charge in [0.2, 0.25) is 11.5 Å². The third kappa shape index (κ3) is 2.36. The van der Waals surface area contributed by atoms with E-state index < -0.39 is 5.97 Å². The van der Waals surface area contributed by atoms with E-state index in [1.807, 2.05) is 13.0 Å². The maximum Gasteiger partial charge on any atom is 0.371 e. The van der Waals surface area contributed by atoms with Gasteiger partial charge < -0.3 is 9.52 Å². The number of carbonyl (C=O) groups is 2. The van der Waals surface area contributed by atoms with Gasteiger partial charge >= 0.3 is 5.97 Å². The summed E-state index contributed by atoms with van der Waals surface area (Å²) in [6, 6.07) is 7.91. The average molecular weight is 309 g/mol. The first kappa shape index (κ1) is 12.6. The quantitative estimate of drug-likeness (QED) is 0.884. The Kier molecular flexibility index (Phi) is 3.34. The van der Waals surface area contributed by atoms with Gasteiger partial charge in [-0.3, -0.25) is 4.79 Å². The Morgan fingerprint density at radius 1 is 1.17 bits per heavy atom. The van der Waals surface area contributed by atoms with Crippen LogP contribution in [0.25, 0.3) is 0 Å². The van der Waals surface area contributed by atoms with Gasteiger partial charge in [-0.05, 0) is 36.8 Å². The fourth-order valence-corrected chi connectivity index (χ4v) is 2.19. The molecule has 0 aliphatic rings. The smallest absolute Gasteiger partial charge is 0.371 e. The predicted octanol–water partition coefficient (Wildman–Crippen LogP) is 3.28. The molecule has 4 nitrogen and oxygen atoms in total. The molecular formula is C13H9BrO4. The van der Waals surface area contributed by atoms with Crippen LogP contribution in [-0.4, -0.2) is 16.9 Å². The van der Waals surface area contributed by atoms with Gasteiger partial charge in [0.05, 0.1) is 0 Å². The SMILES string of the molecule is Cc1ccc(C(=O)c2ccc(C(=O)O)o2)c(Br)c1. The molecule has 0 aliphatic carbocycles. The zero-order valence-corrected chi connectivity index (χ0v) is 11.0. The molecule has 0 saturated heterocycles. The molecule has 18 heavy (non-hydrogen) atoms. The molecule has 0 amide bonds. The second kappa shape index (κ2) is 4.78. The van der Waals surface area contributed by atoms with Gasteiger partial charge in [0.1, 0.15) is 0 Å². The normalized spacial score (nSPS) is 10.3. The number of rotatable bonds is 3. The number of benzene rings is 1. The van der Waals surface area contributed by atoms with Crippen LogP contribution in [-0.2, 0) is 0 Å². The molecule has 0 aliphatic heterocycles. The van der Waals surface area contributed by atoms with Gasteiger partial charge in [-0.1, -0.05) is 22.0 Å². The summed E-state index contributed by atoms with van der Waals surface area (Å²) >= 11 is 3.30. The molecule has 0 unspecified atom stereocenters. The molecule has 92 valence electrons. The van der Waals surface area contributed by atoms with Gasteiger partial charge in [-0.2, -0.15) is 0 Å². The lowest BCUT2D eigenvalue weighted by Gasteiger charge is -2.02. The van der Waals surface area contributed by atoms with Crippen LogP contribution in [0.3, 0.4) is 0 Å². The molecule has 1 heterocycles. The highest BCUT2D eigenvalue weighted by Gasteiger charge is 2.18. The Morgan fingerprint density at radius 2 is 1.83 bits per heavy atom. The van der Waals surface area contributed by atoms with Gasteiger partial charge in [0.25, 0.3) is 0 Å². The van der Waals surface area contributed by atoms with Crippen molar-refractivity contribution < 1.29 is 19.1 Å². The van der Waals surface area contributed by atoms with Crippen molar-refractivity contribution >= 4 is 27.7 Å². The van der Waals surface area contributed by atoms with Crippen molar-refractivity contribution in [3.8, 4) is 0 Å².